The highest BCUT2D eigenvalue weighted by molar-refractivity contribution is 5.95. The van der Waals surface area contributed by atoms with E-state index in [1.54, 1.807) is 30.4 Å². The second kappa shape index (κ2) is 9.53. The molecular weight excluding hydrogens is 452 g/mol. The predicted octanol–water partition coefficient (Wildman–Crippen LogP) is 4.07. The molecule has 1 amide bonds. The number of fused-ring (bicyclic) bond motifs is 3. The van der Waals surface area contributed by atoms with Gasteiger partial charge < -0.3 is 10.1 Å². The van der Waals surface area contributed by atoms with Crippen LogP contribution in [0.4, 0.5) is 0 Å². The Morgan fingerprint density at radius 3 is 2.75 bits per heavy atom. The van der Waals surface area contributed by atoms with E-state index in [9.17, 15) is 4.79 Å². The van der Waals surface area contributed by atoms with Gasteiger partial charge in [0.15, 0.2) is 0 Å². The molecule has 1 saturated carbocycles. The summed E-state index contributed by atoms with van der Waals surface area (Å²) in [7, 11) is 1.67. The Bertz CT molecular complexity index is 1410. The van der Waals surface area contributed by atoms with Crippen molar-refractivity contribution in [3.63, 3.8) is 0 Å². The summed E-state index contributed by atoms with van der Waals surface area (Å²) in [6.07, 6.45) is 12.8. The van der Waals surface area contributed by atoms with Crippen LogP contribution in [0.3, 0.4) is 0 Å². The van der Waals surface area contributed by atoms with Crippen LogP contribution >= 0.6 is 0 Å². The first kappa shape index (κ1) is 22.4. The number of amides is 1. The van der Waals surface area contributed by atoms with Gasteiger partial charge in [-0.3, -0.25) is 9.78 Å². The number of pyridine rings is 1. The largest absolute Gasteiger partial charge is 0.497 e. The molecule has 1 N–H and O–H groups in total. The van der Waals surface area contributed by atoms with Gasteiger partial charge in [-0.1, -0.05) is 6.07 Å². The van der Waals surface area contributed by atoms with E-state index in [0.717, 1.165) is 66.8 Å². The van der Waals surface area contributed by atoms with Gasteiger partial charge in [-0.15, -0.1) is 0 Å². The van der Waals surface area contributed by atoms with Crippen molar-refractivity contribution in [2.75, 3.05) is 13.7 Å². The van der Waals surface area contributed by atoms with Gasteiger partial charge in [0.2, 0.25) is 0 Å². The van der Waals surface area contributed by atoms with E-state index in [0.29, 0.717) is 24.0 Å². The van der Waals surface area contributed by atoms with Gasteiger partial charge >= 0.3 is 0 Å². The van der Waals surface area contributed by atoms with Crippen LogP contribution in [0, 0.1) is 0 Å². The maximum atomic E-state index is 13.1. The maximum Gasteiger partial charge on any atom is 0.254 e. The topological polar surface area (TPSA) is 94.8 Å². The molecule has 0 saturated heterocycles. The lowest BCUT2D eigenvalue weighted by Crippen LogP contribution is -2.25. The molecule has 8 nitrogen and oxygen atoms in total. The van der Waals surface area contributed by atoms with Gasteiger partial charge in [0, 0.05) is 36.6 Å². The summed E-state index contributed by atoms with van der Waals surface area (Å²) in [5, 5.41) is 7.65. The number of rotatable bonds is 8. The molecule has 2 aliphatic carbocycles. The summed E-state index contributed by atoms with van der Waals surface area (Å²) >= 11 is 0. The van der Waals surface area contributed by atoms with Crippen molar-refractivity contribution in [2.45, 2.75) is 44.4 Å². The van der Waals surface area contributed by atoms with Gasteiger partial charge in [0.1, 0.15) is 5.75 Å². The molecule has 36 heavy (non-hydrogen) atoms. The summed E-state index contributed by atoms with van der Waals surface area (Å²) in [5.74, 6) is 1.52. The molecule has 0 atom stereocenters. The molecule has 0 bridgehead atoms. The lowest BCUT2D eigenvalue weighted by molar-refractivity contribution is 0.0952. The molecule has 1 fully saturated rings. The third-order valence-electron chi connectivity index (χ3n) is 6.97. The van der Waals surface area contributed by atoms with Crippen LogP contribution in [0.15, 0.2) is 55.1 Å². The van der Waals surface area contributed by atoms with Crippen LogP contribution in [-0.2, 0) is 19.3 Å². The average molecular weight is 481 g/mol. The van der Waals surface area contributed by atoms with Crippen LogP contribution in [0.2, 0.25) is 0 Å². The number of hydrogen-bond acceptors (Lipinski definition) is 6. The number of hydrogen-bond donors (Lipinski definition) is 1. The normalized spacial score (nSPS) is 14.1. The van der Waals surface area contributed by atoms with E-state index in [2.05, 4.69) is 26.4 Å². The number of nitrogens with zero attached hydrogens (tertiary/aromatic N) is 5. The second-order valence-electron chi connectivity index (χ2n) is 9.41. The molecule has 6 rings (SSSR count). The number of carbonyl (C=O) groups excluding carboxylic acids is 1. The van der Waals surface area contributed by atoms with Crippen molar-refractivity contribution >= 4 is 5.91 Å². The minimum atomic E-state index is -0.0917. The van der Waals surface area contributed by atoms with Crippen molar-refractivity contribution < 1.29 is 9.53 Å². The molecule has 2 aliphatic rings. The average Bonchev–Trinajstić information content (AvgIpc) is 3.68. The zero-order valence-corrected chi connectivity index (χ0v) is 20.3. The van der Waals surface area contributed by atoms with Gasteiger partial charge in [0.25, 0.3) is 11.9 Å². The third-order valence-corrected chi connectivity index (χ3v) is 6.97. The van der Waals surface area contributed by atoms with Gasteiger partial charge in [-0.05, 0) is 79.5 Å². The number of ether oxygens (including phenoxy) is 1. The standard InChI is InChI=1S/C28H28N6O2/c1-36-22-9-8-19-4-7-21-16-31-28(33-25(21)23(19)15-22)34-26(20-5-6-20)24(17-32-34)27(35)30-12-2-3-18-10-13-29-14-11-18/h8-11,13-17,20H,2-7,12H2,1H3,(H,30,35). The zero-order chi connectivity index (χ0) is 24.5. The lowest BCUT2D eigenvalue weighted by Gasteiger charge is -2.20. The molecule has 0 spiro atoms. The lowest BCUT2D eigenvalue weighted by atomic mass is 9.90. The first-order chi connectivity index (χ1) is 17.7. The molecule has 0 unspecified atom stereocenters. The minimum Gasteiger partial charge on any atom is -0.497 e. The Balaban J connectivity index is 1.25. The van der Waals surface area contributed by atoms with Crippen LogP contribution in [0.5, 0.6) is 5.75 Å². The summed E-state index contributed by atoms with van der Waals surface area (Å²) in [6, 6.07) is 10.2. The van der Waals surface area contributed by atoms with E-state index >= 15 is 0 Å². The van der Waals surface area contributed by atoms with Crippen molar-refractivity contribution in [1.82, 2.24) is 30.0 Å². The summed E-state index contributed by atoms with van der Waals surface area (Å²) < 4.78 is 7.22. The van der Waals surface area contributed by atoms with Crippen molar-refractivity contribution in [2.24, 2.45) is 0 Å². The fraction of sp³-hybridized carbons (Fsp3) is 0.321. The Hall–Kier alpha value is -4.07. The Morgan fingerprint density at radius 1 is 1.11 bits per heavy atom. The molecule has 0 radical (unpaired) electrons. The smallest absolute Gasteiger partial charge is 0.254 e. The summed E-state index contributed by atoms with van der Waals surface area (Å²) in [4.78, 5) is 26.7. The molecule has 182 valence electrons. The van der Waals surface area contributed by atoms with E-state index < -0.39 is 0 Å². The highest BCUT2D eigenvalue weighted by atomic mass is 16.5. The highest BCUT2D eigenvalue weighted by Gasteiger charge is 2.34. The highest BCUT2D eigenvalue weighted by Crippen LogP contribution is 2.42. The number of carbonyl (C=O) groups is 1. The molecule has 4 aromatic rings. The monoisotopic (exact) mass is 480 g/mol. The van der Waals surface area contributed by atoms with Crippen LogP contribution < -0.4 is 10.1 Å². The fourth-order valence-electron chi connectivity index (χ4n) is 4.89. The number of aromatic nitrogens is 5. The predicted molar refractivity (Wildman–Crippen MR) is 135 cm³/mol. The molecule has 1 aromatic carbocycles. The second-order valence-corrected chi connectivity index (χ2v) is 9.41. The van der Waals surface area contributed by atoms with Gasteiger partial charge in [0.05, 0.1) is 30.3 Å². The zero-order valence-electron chi connectivity index (χ0n) is 20.3. The van der Waals surface area contributed by atoms with E-state index in [-0.39, 0.29) is 5.91 Å². The first-order valence-electron chi connectivity index (χ1n) is 12.5. The number of aryl methyl sites for hydroxylation is 3. The van der Waals surface area contributed by atoms with E-state index in [1.165, 1.54) is 11.1 Å². The minimum absolute atomic E-state index is 0.0917. The number of benzene rings is 1. The SMILES string of the molecule is COc1ccc2c(c1)-c1nc(-n3ncc(C(=O)NCCCc4ccncc4)c3C3CC3)ncc1CC2. The number of nitrogens with one attached hydrogen (secondary N) is 1. The molecule has 8 heteroatoms. The molecule has 3 aromatic heterocycles. The maximum absolute atomic E-state index is 13.1. The molecular formula is C28H28N6O2. The Kier molecular flexibility index (Phi) is 5.93. The summed E-state index contributed by atoms with van der Waals surface area (Å²) in [6.45, 7) is 0.602. The Morgan fingerprint density at radius 2 is 1.94 bits per heavy atom. The first-order valence-corrected chi connectivity index (χ1v) is 12.5. The van der Waals surface area contributed by atoms with E-state index in [4.69, 9.17) is 9.72 Å². The van der Waals surface area contributed by atoms with Crippen LogP contribution in [-0.4, -0.2) is 44.3 Å². The van der Waals surface area contributed by atoms with E-state index in [1.807, 2.05) is 30.5 Å². The quantitative estimate of drug-likeness (QED) is 0.382. The van der Waals surface area contributed by atoms with Crippen LogP contribution in [0.1, 0.15) is 57.9 Å². The van der Waals surface area contributed by atoms with Gasteiger partial charge in [-0.2, -0.15) is 5.10 Å². The summed E-state index contributed by atoms with van der Waals surface area (Å²) in [5.41, 5.74) is 7.10. The fourth-order valence-corrected chi connectivity index (χ4v) is 4.89. The third kappa shape index (κ3) is 4.34. The number of methoxy groups -OCH3 is 1. The van der Waals surface area contributed by atoms with Gasteiger partial charge in [-0.25, -0.2) is 14.6 Å². The Labute approximate surface area is 209 Å². The van der Waals surface area contributed by atoms with Crippen molar-refractivity contribution in [3.8, 4) is 23.0 Å². The van der Waals surface area contributed by atoms with Crippen LogP contribution in [0.25, 0.3) is 17.2 Å². The molecule has 3 heterocycles. The van der Waals surface area contributed by atoms with Crippen molar-refractivity contribution in [1.29, 1.82) is 0 Å². The molecule has 0 aliphatic heterocycles. The van der Waals surface area contributed by atoms with Crippen molar-refractivity contribution in [3.05, 3.63) is 83.1 Å².